The number of aromatic nitrogens is 3. The summed E-state index contributed by atoms with van der Waals surface area (Å²) < 4.78 is 2.89. The van der Waals surface area contributed by atoms with Crippen LogP contribution >= 0.6 is 15.9 Å². The largest absolute Gasteiger partial charge is 0.326 e. The number of aryl methyl sites for hydroxylation is 1. The summed E-state index contributed by atoms with van der Waals surface area (Å²) in [6.07, 6.45) is 0. The maximum atomic E-state index is 5.82. The smallest absolute Gasteiger partial charge is 0.154 e. The molecule has 0 saturated carbocycles. The summed E-state index contributed by atoms with van der Waals surface area (Å²) in [6.45, 7) is 10.9. The highest BCUT2D eigenvalue weighted by Crippen LogP contribution is 2.26. The van der Waals surface area contributed by atoms with E-state index in [1.165, 1.54) is 0 Å². The molecular formula is C15H21BrN4. The summed E-state index contributed by atoms with van der Waals surface area (Å²) >= 11 is 3.56. The average molecular weight is 337 g/mol. The van der Waals surface area contributed by atoms with Gasteiger partial charge in [-0.15, -0.1) is 0 Å². The van der Waals surface area contributed by atoms with Crippen LogP contribution in [0.4, 0.5) is 0 Å². The van der Waals surface area contributed by atoms with E-state index in [1.54, 1.807) is 0 Å². The number of hydrogen-bond donors (Lipinski definition) is 1. The molecule has 0 amide bonds. The van der Waals surface area contributed by atoms with Crippen molar-refractivity contribution in [3.63, 3.8) is 0 Å². The number of nitrogens with two attached hydrogens (primary N) is 1. The standard InChI is InChI=1S/C15H21BrN4/c1-9-14(16)10(2)20(19-9)13-7-11(8-17)6-12(18-13)15(3,4)5/h6-7H,8,17H2,1-5H3. The molecule has 0 saturated heterocycles. The highest BCUT2D eigenvalue weighted by molar-refractivity contribution is 9.10. The molecule has 2 N–H and O–H groups in total. The van der Waals surface area contributed by atoms with Crippen molar-refractivity contribution in [3.8, 4) is 5.82 Å². The van der Waals surface area contributed by atoms with Crippen molar-refractivity contribution in [1.29, 1.82) is 0 Å². The third-order valence-electron chi connectivity index (χ3n) is 3.30. The van der Waals surface area contributed by atoms with Crippen molar-refractivity contribution in [1.82, 2.24) is 14.8 Å². The van der Waals surface area contributed by atoms with Crippen LogP contribution in [0.3, 0.4) is 0 Å². The van der Waals surface area contributed by atoms with Crippen molar-refractivity contribution < 1.29 is 0 Å². The summed E-state index contributed by atoms with van der Waals surface area (Å²) in [4.78, 5) is 4.76. The molecular weight excluding hydrogens is 316 g/mol. The van der Waals surface area contributed by atoms with Gasteiger partial charge in [-0.05, 0) is 47.5 Å². The first-order valence-electron chi connectivity index (χ1n) is 6.67. The second-order valence-corrected chi connectivity index (χ2v) is 6.86. The molecule has 2 rings (SSSR count). The van der Waals surface area contributed by atoms with E-state index >= 15 is 0 Å². The second kappa shape index (κ2) is 5.30. The van der Waals surface area contributed by atoms with Gasteiger partial charge in [0.25, 0.3) is 0 Å². The van der Waals surface area contributed by atoms with Gasteiger partial charge in [-0.2, -0.15) is 5.10 Å². The van der Waals surface area contributed by atoms with Crippen LogP contribution < -0.4 is 5.73 Å². The summed E-state index contributed by atoms with van der Waals surface area (Å²) in [5.41, 5.74) is 9.90. The molecule has 5 heteroatoms. The lowest BCUT2D eigenvalue weighted by molar-refractivity contribution is 0.564. The number of halogens is 1. The first kappa shape index (κ1) is 15.2. The molecule has 0 aliphatic heterocycles. The van der Waals surface area contributed by atoms with Gasteiger partial charge in [-0.25, -0.2) is 9.67 Å². The van der Waals surface area contributed by atoms with Gasteiger partial charge in [0.1, 0.15) is 0 Å². The molecule has 0 fully saturated rings. The zero-order chi connectivity index (χ0) is 15.1. The monoisotopic (exact) mass is 336 g/mol. The van der Waals surface area contributed by atoms with Crippen LogP contribution in [-0.2, 0) is 12.0 Å². The fourth-order valence-electron chi connectivity index (χ4n) is 2.03. The Morgan fingerprint density at radius 1 is 1.25 bits per heavy atom. The van der Waals surface area contributed by atoms with Gasteiger partial charge >= 0.3 is 0 Å². The number of rotatable bonds is 2. The minimum Gasteiger partial charge on any atom is -0.326 e. The van der Waals surface area contributed by atoms with Gasteiger partial charge in [-0.3, -0.25) is 0 Å². The molecule has 0 aliphatic carbocycles. The van der Waals surface area contributed by atoms with Gasteiger partial charge in [0.05, 0.1) is 15.9 Å². The van der Waals surface area contributed by atoms with Crippen molar-refractivity contribution in [3.05, 3.63) is 39.3 Å². The number of pyridine rings is 1. The minimum atomic E-state index is -0.0206. The molecule has 0 atom stereocenters. The van der Waals surface area contributed by atoms with Gasteiger partial charge < -0.3 is 5.73 Å². The Hall–Kier alpha value is -1.20. The van der Waals surface area contributed by atoms with Crippen molar-refractivity contribution in [2.45, 2.75) is 46.6 Å². The highest BCUT2D eigenvalue weighted by Gasteiger charge is 2.19. The fraction of sp³-hybridized carbons (Fsp3) is 0.467. The summed E-state index contributed by atoms with van der Waals surface area (Å²) in [6, 6.07) is 4.07. The van der Waals surface area contributed by atoms with E-state index in [-0.39, 0.29) is 5.41 Å². The maximum Gasteiger partial charge on any atom is 0.154 e. The zero-order valence-corrected chi connectivity index (χ0v) is 14.2. The Bertz CT molecular complexity index is 638. The Morgan fingerprint density at radius 2 is 1.90 bits per heavy atom. The molecule has 0 bridgehead atoms. The van der Waals surface area contributed by atoms with Gasteiger partial charge in [-0.1, -0.05) is 20.8 Å². The highest BCUT2D eigenvalue weighted by atomic mass is 79.9. The van der Waals surface area contributed by atoms with Crippen LogP contribution in [0.1, 0.15) is 43.4 Å². The van der Waals surface area contributed by atoms with Gasteiger partial charge in [0.2, 0.25) is 0 Å². The Kier molecular flexibility index (Phi) is 4.02. The van der Waals surface area contributed by atoms with E-state index in [2.05, 4.69) is 47.9 Å². The first-order valence-corrected chi connectivity index (χ1v) is 7.47. The molecule has 2 aromatic heterocycles. The lowest BCUT2D eigenvalue weighted by Crippen LogP contribution is -2.17. The normalized spacial score (nSPS) is 11.9. The van der Waals surface area contributed by atoms with Crippen LogP contribution in [0.5, 0.6) is 0 Å². The van der Waals surface area contributed by atoms with E-state index < -0.39 is 0 Å². The Labute approximate surface area is 128 Å². The SMILES string of the molecule is Cc1nn(-c2cc(CN)cc(C(C)(C)C)n2)c(C)c1Br. The van der Waals surface area contributed by atoms with E-state index in [4.69, 9.17) is 10.7 Å². The van der Waals surface area contributed by atoms with E-state index in [1.807, 2.05) is 24.6 Å². The average Bonchev–Trinajstić information content (AvgIpc) is 2.65. The molecule has 0 unspecified atom stereocenters. The van der Waals surface area contributed by atoms with Crippen LogP contribution in [-0.4, -0.2) is 14.8 Å². The summed E-state index contributed by atoms with van der Waals surface area (Å²) in [5, 5.41) is 4.55. The molecule has 108 valence electrons. The van der Waals surface area contributed by atoms with Gasteiger partial charge in [0, 0.05) is 17.7 Å². The second-order valence-electron chi connectivity index (χ2n) is 6.07. The molecule has 4 nitrogen and oxygen atoms in total. The van der Waals surface area contributed by atoms with Crippen LogP contribution in [0.2, 0.25) is 0 Å². The molecule has 0 spiro atoms. The maximum absolute atomic E-state index is 5.82. The molecule has 2 aromatic rings. The van der Waals surface area contributed by atoms with E-state index in [0.717, 1.165) is 32.9 Å². The lowest BCUT2D eigenvalue weighted by atomic mass is 9.91. The molecule has 0 radical (unpaired) electrons. The molecule has 0 aliphatic rings. The van der Waals surface area contributed by atoms with Crippen LogP contribution in [0, 0.1) is 13.8 Å². The van der Waals surface area contributed by atoms with Crippen molar-refractivity contribution >= 4 is 15.9 Å². The lowest BCUT2D eigenvalue weighted by Gasteiger charge is -2.20. The molecule has 2 heterocycles. The van der Waals surface area contributed by atoms with Gasteiger partial charge in [0.15, 0.2) is 5.82 Å². The molecule has 0 aromatic carbocycles. The third-order valence-corrected chi connectivity index (χ3v) is 4.44. The number of hydrogen-bond acceptors (Lipinski definition) is 3. The van der Waals surface area contributed by atoms with Crippen molar-refractivity contribution in [2.75, 3.05) is 0 Å². The fourth-order valence-corrected chi connectivity index (χ4v) is 2.28. The predicted octanol–water partition coefficient (Wildman–Crippen LogP) is 3.40. The van der Waals surface area contributed by atoms with Crippen LogP contribution in [0.15, 0.2) is 16.6 Å². The minimum absolute atomic E-state index is 0.0206. The molecule has 20 heavy (non-hydrogen) atoms. The van der Waals surface area contributed by atoms with Crippen LogP contribution in [0.25, 0.3) is 5.82 Å². The topological polar surface area (TPSA) is 56.7 Å². The summed E-state index contributed by atoms with van der Waals surface area (Å²) in [5.74, 6) is 0.823. The Morgan fingerprint density at radius 3 is 2.35 bits per heavy atom. The predicted molar refractivity (Wildman–Crippen MR) is 85.1 cm³/mol. The Balaban J connectivity index is 2.64. The first-order chi connectivity index (χ1) is 9.24. The van der Waals surface area contributed by atoms with E-state index in [0.29, 0.717) is 6.54 Å². The van der Waals surface area contributed by atoms with Crippen molar-refractivity contribution in [2.24, 2.45) is 5.73 Å². The number of nitrogens with zero attached hydrogens (tertiary/aromatic N) is 3. The quantitative estimate of drug-likeness (QED) is 0.914. The summed E-state index contributed by atoms with van der Waals surface area (Å²) in [7, 11) is 0. The third kappa shape index (κ3) is 2.79. The zero-order valence-electron chi connectivity index (χ0n) is 12.7. The van der Waals surface area contributed by atoms with E-state index in [9.17, 15) is 0 Å².